The highest BCUT2D eigenvalue weighted by Crippen LogP contribution is 2.27. The summed E-state index contributed by atoms with van der Waals surface area (Å²) in [5.74, 6) is -0.208. The van der Waals surface area contributed by atoms with Crippen LogP contribution in [-0.2, 0) is 0 Å². The number of amides is 1. The number of aromatic amines is 1. The lowest BCUT2D eigenvalue weighted by Crippen LogP contribution is -2.32. The number of fused-ring (bicyclic) bond motifs is 1. The first-order chi connectivity index (χ1) is 8.91. The smallest absolute Gasteiger partial charge is 0.264 e. The number of aromatic nitrogens is 2. The molecule has 102 valence electrons. The van der Waals surface area contributed by atoms with E-state index in [4.69, 9.17) is 0 Å². The first kappa shape index (κ1) is 13.7. The maximum atomic E-state index is 12.3. The number of thiophene rings is 1. The van der Waals surface area contributed by atoms with Crippen LogP contribution in [0.25, 0.3) is 10.2 Å². The minimum absolute atomic E-state index is 0.208. The van der Waals surface area contributed by atoms with E-state index >= 15 is 0 Å². The van der Waals surface area contributed by atoms with Gasteiger partial charge in [-0.15, -0.1) is 11.3 Å². The van der Waals surface area contributed by atoms with E-state index in [1.54, 1.807) is 20.9 Å². The van der Waals surface area contributed by atoms with Crippen molar-refractivity contribution in [2.45, 2.75) is 20.0 Å². The molecule has 0 aromatic carbocycles. The van der Waals surface area contributed by atoms with Gasteiger partial charge in [0.05, 0.1) is 22.7 Å². The van der Waals surface area contributed by atoms with Crippen LogP contribution in [0.3, 0.4) is 0 Å². The molecule has 0 bridgehead atoms. The number of hydrogen-bond acceptors (Lipinski definition) is 5. The Labute approximate surface area is 113 Å². The third-order valence-corrected chi connectivity index (χ3v) is 4.00. The third-order valence-electron chi connectivity index (χ3n) is 2.81. The highest BCUT2D eigenvalue weighted by Gasteiger charge is 2.21. The van der Waals surface area contributed by atoms with E-state index in [9.17, 15) is 14.7 Å². The Kier molecular flexibility index (Phi) is 3.68. The molecular formula is C12H15N3O3S. The van der Waals surface area contributed by atoms with E-state index < -0.39 is 6.10 Å². The van der Waals surface area contributed by atoms with E-state index in [2.05, 4.69) is 9.97 Å². The number of aryl methyl sites for hydroxylation is 1. The fourth-order valence-electron chi connectivity index (χ4n) is 1.93. The van der Waals surface area contributed by atoms with Gasteiger partial charge in [-0.2, -0.15) is 0 Å². The van der Waals surface area contributed by atoms with Gasteiger partial charge in [-0.05, 0) is 19.4 Å². The van der Waals surface area contributed by atoms with Gasteiger partial charge in [-0.25, -0.2) is 4.98 Å². The maximum Gasteiger partial charge on any atom is 0.264 e. The van der Waals surface area contributed by atoms with Crippen LogP contribution in [0, 0.1) is 6.92 Å². The summed E-state index contributed by atoms with van der Waals surface area (Å²) in [5, 5.41) is 9.77. The predicted molar refractivity (Wildman–Crippen MR) is 73.6 cm³/mol. The molecule has 0 aliphatic rings. The van der Waals surface area contributed by atoms with Gasteiger partial charge < -0.3 is 15.0 Å². The van der Waals surface area contributed by atoms with Crippen molar-refractivity contribution < 1.29 is 9.90 Å². The molecule has 0 saturated heterocycles. The summed E-state index contributed by atoms with van der Waals surface area (Å²) in [6.07, 6.45) is 0.735. The summed E-state index contributed by atoms with van der Waals surface area (Å²) in [6.45, 7) is 3.60. The van der Waals surface area contributed by atoms with Crippen molar-refractivity contribution in [3.63, 3.8) is 0 Å². The molecule has 1 amide bonds. The summed E-state index contributed by atoms with van der Waals surface area (Å²) in [7, 11) is 1.62. The van der Waals surface area contributed by atoms with Crippen LogP contribution in [0.4, 0.5) is 0 Å². The normalized spacial score (nSPS) is 12.6. The fraction of sp³-hybridized carbons (Fsp3) is 0.417. The standard InChI is InChI=1S/C12H15N3O3S/c1-6(16)4-15(3)12(18)9-7(2)8-10(17)13-5-14-11(8)19-9/h5-6,16H,4H2,1-3H3,(H,13,14,17). The Bertz CT molecular complexity index is 674. The van der Waals surface area contributed by atoms with Crippen LogP contribution in [-0.4, -0.2) is 45.6 Å². The van der Waals surface area contributed by atoms with Gasteiger partial charge in [0, 0.05) is 13.6 Å². The first-order valence-corrected chi connectivity index (χ1v) is 6.63. The van der Waals surface area contributed by atoms with Crippen LogP contribution in [0.15, 0.2) is 11.1 Å². The summed E-state index contributed by atoms with van der Waals surface area (Å²) in [4.78, 5) is 33.0. The molecule has 2 heterocycles. The monoisotopic (exact) mass is 281 g/mol. The van der Waals surface area contributed by atoms with Crippen LogP contribution in [0.1, 0.15) is 22.2 Å². The summed E-state index contributed by atoms with van der Waals surface area (Å²) in [6, 6.07) is 0. The summed E-state index contributed by atoms with van der Waals surface area (Å²) in [5.41, 5.74) is 0.396. The zero-order valence-electron chi connectivity index (χ0n) is 10.9. The molecule has 1 atom stereocenters. The lowest BCUT2D eigenvalue weighted by molar-refractivity contribution is 0.0708. The van der Waals surface area contributed by atoms with Crippen molar-refractivity contribution in [3.8, 4) is 0 Å². The van der Waals surface area contributed by atoms with E-state index in [0.29, 0.717) is 20.7 Å². The molecule has 0 saturated carbocycles. The number of H-pyrrole nitrogens is 1. The van der Waals surface area contributed by atoms with Crippen molar-refractivity contribution in [1.29, 1.82) is 0 Å². The molecule has 1 unspecified atom stereocenters. The van der Waals surface area contributed by atoms with Gasteiger partial charge >= 0.3 is 0 Å². The van der Waals surface area contributed by atoms with Crippen molar-refractivity contribution in [2.75, 3.05) is 13.6 Å². The highest BCUT2D eigenvalue weighted by molar-refractivity contribution is 7.20. The quantitative estimate of drug-likeness (QED) is 0.869. The maximum absolute atomic E-state index is 12.3. The number of hydrogen-bond donors (Lipinski definition) is 2. The molecule has 6 nitrogen and oxygen atoms in total. The molecule has 0 fully saturated rings. The molecule has 2 aromatic rings. The highest BCUT2D eigenvalue weighted by atomic mass is 32.1. The van der Waals surface area contributed by atoms with Crippen LogP contribution in [0.5, 0.6) is 0 Å². The Morgan fingerprint density at radius 3 is 2.89 bits per heavy atom. The molecule has 2 aromatic heterocycles. The number of carbonyl (C=O) groups is 1. The average Bonchev–Trinajstić information content (AvgIpc) is 2.66. The van der Waals surface area contributed by atoms with Crippen molar-refractivity contribution in [3.05, 3.63) is 27.1 Å². The Morgan fingerprint density at radius 1 is 1.63 bits per heavy atom. The zero-order valence-corrected chi connectivity index (χ0v) is 11.7. The van der Waals surface area contributed by atoms with Crippen molar-refractivity contribution in [1.82, 2.24) is 14.9 Å². The zero-order chi connectivity index (χ0) is 14.2. The van der Waals surface area contributed by atoms with E-state index in [0.717, 1.165) is 0 Å². The molecule has 0 radical (unpaired) electrons. The third kappa shape index (κ3) is 2.52. The molecule has 19 heavy (non-hydrogen) atoms. The van der Waals surface area contributed by atoms with Gasteiger partial charge in [0.2, 0.25) is 0 Å². The van der Waals surface area contributed by atoms with Gasteiger partial charge in [0.15, 0.2) is 0 Å². The molecule has 7 heteroatoms. The number of aliphatic hydroxyl groups excluding tert-OH is 1. The Balaban J connectivity index is 2.46. The van der Waals surface area contributed by atoms with E-state index in [1.807, 2.05) is 0 Å². The Morgan fingerprint density at radius 2 is 2.32 bits per heavy atom. The largest absolute Gasteiger partial charge is 0.392 e. The second-order valence-electron chi connectivity index (χ2n) is 4.50. The summed E-state index contributed by atoms with van der Waals surface area (Å²) < 4.78 is 0. The molecule has 2 N–H and O–H groups in total. The second-order valence-corrected chi connectivity index (χ2v) is 5.50. The van der Waals surface area contributed by atoms with Gasteiger partial charge in [0.25, 0.3) is 11.5 Å². The van der Waals surface area contributed by atoms with Crippen LogP contribution < -0.4 is 5.56 Å². The molecular weight excluding hydrogens is 266 g/mol. The number of nitrogens with one attached hydrogen (secondary N) is 1. The van der Waals surface area contributed by atoms with E-state index in [1.165, 1.54) is 22.6 Å². The predicted octanol–water partition coefficient (Wildman–Crippen LogP) is 0.746. The lowest BCUT2D eigenvalue weighted by Gasteiger charge is -2.18. The van der Waals surface area contributed by atoms with Crippen LogP contribution in [0.2, 0.25) is 0 Å². The summed E-state index contributed by atoms with van der Waals surface area (Å²) >= 11 is 1.20. The van der Waals surface area contributed by atoms with Gasteiger partial charge in [-0.3, -0.25) is 9.59 Å². The van der Waals surface area contributed by atoms with Gasteiger partial charge in [0.1, 0.15) is 4.83 Å². The SMILES string of the molecule is Cc1c(C(=O)N(C)CC(C)O)sc2nc[nH]c(=O)c12. The minimum Gasteiger partial charge on any atom is -0.392 e. The molecule has 2 rings (SSSR count). The van der Waals surface area contributed by atoms with Crippen molar-refractivity contribution >= 4 is 27.5 Å². The van der Waals surface area contributed by atoms with E-state index in [-0.39, 0.29) is 18.0 Å². The lowest BCUT2D eigenvalue weighted by atomic mass is 10.2. The average molecular weight is 281 g/mol. The molecule has 0 aliphatic heterocycles. The molecule has 0 spiro atoms. The number of nitrogens with zero attached hydrogens (tertiary/aromatic N) is 2. The minimum atomic E-state index is -0.592. The number of aliphatic hydroxyl groups is 1. The fourth-order valence-corrected chi connectivity index (χ4v) is 3.08. The number of likely N-dealkylation sites (N-methyl/N-ethyl adjacent to an activating group) is 1. The number of rotatable bonds is 3. The number of carbonyl (C=O) groups excluding carboxylic acids is 1. The topological polar surface area (TPSA) is 86.3 Å². The van der Waals surface area contributed by atoms with Crippen molar-refractivity contribution in [2.24, 2.45) is 0 Å². The second kappa shape index (κ2) is 5.10. The van der Waals surface area contributed by atoms with Gasteiger partial charge in [-0.1, -0.05) is 0 Å². The molecule has 0 aliphatic carbocycles. The Hall–Kier alpha value is -1.73. The van der Waals surface area contributed by atoms with Crippen LogP contribution >= 0.6 is 11.3 Å². The first-order valence-electron chi connectivity index (χ1n) is 5.82.